The minimum Gasteiger partial charge on any atom is -0.341 e. The van der Waals surface area contributed by atoms with Crippen molar-refractivity contribution < 1.29 is 14.2 Å². The fraction of sp³-hybridized carbons (Fsp3) is 0.667. The predicted octanol–water partition coefficient (Wildman–Crippen LogP) is -0.196. The van der Waals surface area contributed by atoms with Gasteiger partial charge in [0.2, 0.25) is 23.5 Å². The molecule has 21 heavy (non-hydrogen) atoms. The summed E-state index contributed by atoms with van der Waals surface area (Å²) in [5.74, 6) is 1.13. The molecule has 3 aliphatic rings. The molecule has 2 saturated heterocycles. The van der Waals surface area contributed by atoms with Crippen molar-refractivity contribution in [1.29, 1.82) is 0 Å². The summed E-state index contributed by atoms with van der Waals surface area (Å²) in [6.07, 6.45) is 2.07. The lowest BCUT2D eigenvalue weighted by Gasteiger charge is -2.42. The van der Waals surface area contributed by atoms with Gasteiger partial charge < -0.3 is 20.4 Å². The van der Waals surface area contributed by atoms with Crippen LogP contribution < -0.4 is 10.6 Å². The number of fused-ring (bicyclic) bond motifs is 1. The lowest BCUT2D eigenvalue weighted by atomic mass is 10.2. The molecule has 9 nitrogen and oxygen atoms in total. The maximum absolute atomic E-state index is 12.1. The van der Waals surface area contributed by atoms with Crippen LogP contribution in [0.3, 0.4) is 0 Å². The van der Waals surface area contributed by atoms with Crippen LogP contribution >= 0.6 is 0 Å². The van der Waals surface area contributed by atoms with Crippen molar-refractivity contribution in [2.75, 3.05) is 23.7 Å². The Morgan fingerprint density at radius 1 is 0.905 bits per heavy atom. The van der Waals surface area contributed by atoms with Crippen molar-refractivity contribution in [2.45, 2.75) is 38.0 Å². The number of aromatic nitrogens is 2. The molecule has 2 atom stereocenters. The molecule has 2 amide bonds. The summed E-state index contributed by atoms with van der Waals surface area (Å²) in [7, 11) is 0. The molecule has 0 aromatic carbocycles. The summed E-state index contributed by atoms with van der Waals surface area (Å²) in [4.78, 5) is 27.7. The highest BCUT2D eigenvalue weighted by atomic mass is 16.6. The normalized spacial score (nSPS) is 28.6. The number of carbonyl (C=O) groups excluding carboxylic acids is 2. The number of nitrogens with zero attached hydrogens (tertiary/aromatic N) is 4. The monoisotopic (exact) mass is 292 g/mol. The molecule has 3 aliphatic heterocycles. The molecule has 1 aromatic heterocycles. The molecular weight excluding hydrogens is 276 g/mol. The Hall–Kier alpha value is -2.32. The number of likely N-dealkylation sites (tertiary alicyclic amines) is 2. The summed E-state index contributed by atoms with van der Waals surface area (Å²) in [5, 5.41) is 13.9. The Morgan fingerprint density at radius 2 is 1.38 bits per heavy atom. The Morgan fingerprint density at radius 3 is 1.76 bits per heavy atom. The van der Waals surface area contributed by atoms with E-state index in [9.17, 15) is 9.59 Å². The summed E-state index contributed by atoms with van der Waals surface area (Å²) >= 11 is 0. The average Bonchev–Trinajstić information content (AvgIpc) is 3.17. The van der Waals surface area contributed by atoms with Crippen LogP contribution in [0, 0.1) is 0 Å². The van der Waals surface area contributed by atoms with E-state index in [4.69, 9.17) is 4.63 Å². The second kappa shape index (κ2) is 4.61. The lowest BCUT2D eigenvalue weighted by Crippen LogP contribution is -2.61. The number of hydrogen-bond donors (Lipinski definition) is 2. The van der Waals surface area contributed by atoms with E-state index in [1.54, 1.807) is 9.80 Å². The van der Waals surface area contributed by atoms with E-state index in [1.165, 1.54) is 0 Å². The van der Waals surface area contributed by atoms with Crippen LogP contribution in [-0.2, 0) is 9.59 Å². The van der Waals surface area contributed by atoms with E-state index in [2.05, 4.69) is 20.9 Å². The first-order valence-electron chi connectivity index (χ1n) is 7.18. The molecule has 0 radical (unpaired) electrons. The van der Waals surface area contributed by atoms with Gasteiger partial charge in [0.05, 0.1) is 0 Å². The molecule has 2 unspecified atom stereocenters. The van der Waals surface area contributed by atoms with Gasteiger partial charge >= 0.3 is 0 Å². The minimum absolute atomic E-state index is 0.0888. The number of amides is 2. The smallest absolute Gasteiger partial charge is 0.224 e. The fourth-order valence-electron chi connectivity index (χ4n) is 3.24. The van der Waals surface area contributed by atoms with Crippen LogP contribution in [0.5, 0.6) is 0 Å². The first-order chi connectivity index (χ1) is 10.2. The number of hydrogen-bond acceptors (Lipinski definition) is 7. The highest BCUT2D eigenvalue weighted by molar-refractivity contribution is 5.81. The molecule has 2 fully saturated rings. The molecule has 2 N–H and O–H groups in total. The van der Waals surface area contributed by atoms with Gasteiger partial charge in [0.1, 0.15) is 12.3 Å². The van der Waals surface area contributed by atoms with Gasteiger partial charge in [-0.05, 0) is 23.2 Å². The Kier molecular flexibility index (Phi) is 2.72. The highest BCUT2D eigenvalue weighted by Gasteiger charge is 2.43. The van der Waals surface area contributed by atoms with Gasteiger partial charge in [-0.2, -0.15) is 0 Å². The Labute approximate surface area is 120 Å². The quantitative estimate of drug-likeness (QED) is 0.778. The topological polar surface area (TPSA) is 104 Å². The van der Waals surface area contributed by atoms with E-state index in [1.807, 2.05) is 0 Å². The Bertz CT molecular complexity index is 539. The average molecular weight is 292 g/mol. The molecule has 1 aromatic rings. The molecule has 4 rings (SSSR count). The van der Waals surface area contributed by atoms with E-state index < -0.39 is 0 Å². The summed E-state index contributed by atoms with van der Waals surface area (Å²) in [6.45, 7) is 1.36. The third kappa shape index (κ3) is 1.91. The second-order valence-electron chi connectivity index (χ2n) is 5.52. The molecule has 0 spiro atoms. The summed E-state index contributed by atoms with van der Waals surface area (Å²) in [6, 6.07) is 0. The van der Waals surface area contributed by atoms with Gasteiger partial charge in [-0.1, -0.05) is 0 Å². The number of carbonyl (C=O) groups is 2. The van der Waals surface area contributed by atoms with Crippen molar-refractivity contribution >= 4 is 23.5 Å². The van der Waals surface area contributed by atoms with Crippen LogP contribution in [0.25, 0.3) is 0 Å². The van der Waals surface area contributed by atoms with Gasteiger partial charge in [0.15, 0.2) is 0 Å². The molecule has 112 valence electrons. The fourth-order valence-corrected chi connectivity index (χ4v) is 3.24. The standard InChI is InChI=1S/C12H16N6O3/c19-7-3-1-5-17(7)11-12(18-6-2-4-8(18)20)14-10-9(13-11)15-21-16-10/h11-12H,1-6H2,(H,13,15)(H,14,16). The van der Waals surface area contributed by atoms with E-state index in [0.29, 0.717) is 37.6 Å². The zero-order valence-electron chi connectivity index (χ0n) is 11.4. The molecular formula is C12H16N6O3. The third-order valence-electron chi connectivity index (χ3n) is 4.25. The zero-order valence-corrected chi connectivity index (χ0v) is 11.4. The molecule has 9 heteroatoms. The van der Waals surface area contributed by atoms with Crippen molar-refractivity contribution in [1.82, 2.24) is 20.1 Å². The number of anilines is 2. The number of rotatable bonds is 2. The Balaban J connectivity index is 1.67. The highest BCUT2D eigenvalue weighted by Crippen LogP contribution is 2.31. The van der Waals surface area contributed by atoms with Crippen molar-refractivity contribution in [3.05, 3.63) is 0 Å². The zero-order chi connectivity index (χ0) is 14.4. The summed E-state index contributed by atoms with van der Waals surface area (Å²) < 4.78 is 4.71. The second-order valence-corrected chi connectivity index (χ2v) is 5.52. The van der Waals surface area contributed by atoms with E-state index in [0.717, 1.165) is 12.8 Å². The molecule has 0 bridgehead atoms. The first-order valence-corrected chi connectivity index (χ1v) is 7.18. The third-order valence-corrected chi connectivity index (χ3v) is 4.25. The van der Waals surface area contributed by atoms with Crippen molar-refractivity contribution in [2.24, 2.45) is 0 Å². The number of nitrogens with one attached hydrogen (secondary N) is 2. The molecule has 4 heterocycles. The van der Waals surface area contributed by atoms with Crippen LogP contribution in [0.1, 0.15) is 25.7 Å². The largest absolute Gasteiger partial charge is 0.341 e. The van der Waals surface area contributed by atoms with Gasteiger partial charge in [-0.15, -0.1) is 0 Å². The van der Waals surface area contributed by atoms with Gasteiger partial charge in [0, 0.05) is 25.9 Å². The van der Waals surface area contributed by atoms with Gasteiger partial charge in [-0.3, -0.25) is 9.59 Å². The maximum atomic E-state index is 12.1. The molecule has 0 aliphatic carbocycles. The lowest BCUT2D eigenvalue weighted by molar-refractivity contribution is -0.135. The van der Waals surface area contributed by atoms with Crippen molar-refractivity contribution in [3.8, 4) is 0 Å². The van der Waals surface area contributed by atoms with Crippen LogP contribution in [0.2, 0.25) is 0 Å². The van der Waals surface area contributed by atoms with Crippen molar-refractivity contribution in [3.63, 3.8) is 0 Å². The van der Waals surface area contributed by atoms with Gasteiger partial charge in [-0.25, -0.2) is 4.63 Å². The minimum atomic E-state index is -0.346. The molecule has 0 saturated carbocycles. The summed E-state index contributed by atoms with van der Waals surface area (Å²) in [5.41, 5.74) is 0. The first kappa shape index (κ1) is 12.4. The van der Waals surface area contributed by atoms with Gasteiger partial charge in [0.25, 0.3) is 0 Å². The SMILES string of the molecule is O=C1CCCN1C1Nc2nonc2NC1N1CCCC1=O. The maximum Gasteiger partial charge on any atom is 0.224 e. The van der Waals surface area contributed by atoms with Crippen LogP contribution in [0.4, 0.5) is 11.6 Å². The van der Waals surface area contributed by atoms with Crippen LogP contribution in [0.15, 0.2) is 4.63 Å². The van der Waals surface area contributed by atoms with Crippen LogP contribution in [-0.4, -0.2) is 57.3 Å². The van der Waals surface area contributed by atoms with E-state index in [-0.39, 0.29) is 24.1 Å². The predicted molar refractivity (Wildman–Crippen MR) is 71.0 cm³/mol. The van der Waals surface area contributed by atoms with E-state index >= 15 is 0 Å².